The van der Waals surface area contributed by atoms with Gasteiger partial charge in [0, 0.05) is 10.9 Å². The fraction of sp³-hybridized carbons (Fsp3) is 0.462. The Labute approximate surface area is 116 Å². The third-order valence-electron chi connectivity index (χ3n) is 2.28. The topological polar surface area (TPSA) is 66.6 Å². The molecule has 0 aliphatic heterocycles. The standard InChI is InChI=1S/C13H18N2O3S/c1-13(2,3)18-17-7-8-5-9-11(19-8)6-10(16-4)12(14)15-9/h5-6H,7H2,1-4H3,(H2,14,15). The zero-order valence-electron chi connectivity index (χ0n) is 11.5. The molecule has 0 bridgehead atoms. The van der Waals surface area contributed by atoms with Crippen LogP contribution in [0.25, 0.3) is 10.2 Å². The lowest BCUT2D eigenvalue weighted by Gasteiger charge is -2.16. The summed E-state index contributed by atoms with van der Waals surface area (Å²) in [7, 11) is 1.58. The normalized spacial score (nSPS) is 12.0. The van der Waals surface area contributed by atoms with Crippen LogP contribution in [-0.2, 0) is 16.4 Å². The molecule has 0 aliphatic rings. The van der Waals surface area contributed by atoms with Crippen molar-refractivity contribution in [3.63, 3.8) is 0 Å². The molecule has 0 unspecified atom stereocenters. The van der Waals surface area contributed by atoms with E-state index in [2.05, 4.69) is 4.98 Å². The van der Waals surface area contributed by atoms with Crippen LogP contribution in [0.4, 0.5) is 5.82 Å². The monoisotopic (exact) mass is 282 g/mol. The predicted octanol–water partition coefficient (Wildman–Crippen LogP) is 3.13. The van der Waals surface area contributed by atoms with Gasteiger partial charge in [0.15, 0.2) is 11.6 Å². The summed E-state index contributed by atoms with van der Waals surface area (Å²) in [6, 6.07) is 3.83. The lowest BCUT2D eigenvalue weighted by atomic mass is 10.2. The summed E-state index contributed by atoms with van der Waals surface area (Å²) < 4.78 is 6.17. The van der Waals surface area contributed by atoms with Gasteiger partial charge in [-0.1, -0.05) is 0 Å². The summed E-state index contributed by atoms with van der Waals surface area (Å²) in [6.45, 7) is 6.20. The molecule has 0 fully saturated rings. The average Bonchev–Trinajstić information content (AvgIpc) is 2.67. The second-order valence-electron chi connectivity index (χ2n) is 5.13. The van der Waals surface area contributed by atoms with E-state index in [-0.39, 0.29) is 5.60 Å². The van der Waals surface area contributed by atoms with E-state index in [1.165, 1.54) is 0 Å². The van der Waals surface area contributed by atoms with Crippen LogP contribution >= 0.6 is 11.3 Å². The Morgan fingerprint density at radius 1 is 1.32 bits per heavy atom. The number of ether oxygens (including phenoxy) is 1. The molecule has 2 aromatic rings. The van der Waals surface area contributed by atoms with Gasteiger partial charge in [0.25, 0.3) is 0 Å². The fourth-order valence-electron chi connectivity index (χ4n) is 1.51. The number of rotatable bonds is 4. The molecule has 0 radical (unpaired) electrons. The number of aromatic nitrogens is 1. The summed E-state index contributed by atoms with van der Waals surface area (Å²) >= 11 is 1.58. The Morgan fingerprint density at radius 2 is 2.05 bits per heavy atom. The lowest BCUT2D eigenvalue weighted by Crippen LogP contribution is -2.18. The zero-order chi connectivity index (χ0) is 14.0. The van der Waals surface area contributed by atoms with Gasteiger partial charge in [-0.25, -0.2) is 14.8 Å². The molecule has 2 heterocycles. The molecular weight excluding hydrogens is 264 g/mol. The van der Waals surface area contributed by atoms with Crippen LogP contribution in [0.15, 0.2) is 12.1 Å². The Bertz CT molecular complexity index is 575. The number of thiophene rings is 1. The van der Waals surface area contributed by atoms with Crippen LogP contribution in [-0.4, -0.2) is 17.7 Å². The van der Waals surface area contributed by atoms with Gasteiger partial charge in [-0.3, -0.25) is 0 Å². The van der Waals surface area contributed by atoms with E-state index in [0.29, 0.717) is 18.2 Å². The molecule has 0 aliphatic carbocycles. The fourth-order valence-corrected chi connectivity index (χ4v) is 2.45. The third kappa shape index (κ3) is 3.56. The summed E-state index contributed by atoms with van der Waals surface area (Å²) in [5.74, 6) is 0.985. The molecule has 0 saturated carbocycles. The van der Waals surface area contributed by atoms with Gasteiger partial charge in [0.1, 0.15) is 6.61 Å². The second-order valence-corrected chi connectivity index (χ2v) is 6.30. The number of hydrogen-bond donors (Lipinski definition) is 1. The quantitative estimate of drug-likeness (QED) is 0.689. The first-order valence-electron chi connectivity index (χ1n) is 5.92. The highest BCUT2D eigenvalue weighted by atomic mass is 32.1. The Kier molecular flexibility index (Phi) is 3.93. The first kappa shape index (κ1) is 14.0. The molecule has 6 heteroatoms. The first-order chi connectivity index (χ1) is 8.89. The molecule has 2 N–H and O–H groups in total. The number of nitrogens with zero attached hydrogens (tertiary/aromatic N) is 1. The van der Waals surface area contributed by atoms with E-state index in [9.17, 15) is 0 Å². The van der Waals surface area contributed by atoms with Crippen molar-refractivity contribution in [1.82, 2.24) is 4.98 Å². The van der Waals surface area contributed by atoms with Crippen molar-refractivity contribution in [2.24, 2.45) is 0 Å². The van der Waals surface area contributed by atoms with Crippen LogP contribution in [0.3, 0.4) is 0 Å². The molecular formula is C13H18N2O3S. The number of fused-ring (bicyclic) bond motifs is 1. The minimum Gasteiger partial charge on any atom is -0.493 e. The molecule has 19 heavy (non-hydrogen) atoms. The highest BCUT2D eigenvalue weighted by Gasteiger charge is 2.13. The van der Waals surface area contributed by atoms with Crippen LogP contribution < -0.4 is 10.5 Å². The van der Waals surface area contributed by atoms with E-state index < -0.39 is 0 Å². The van der Waals surface area contributed by atoms with Crippen molar-refractivity contribution >= 4 is 27.4 Å². The van der Waals surface area contributed by atoms with Crippen LogP contribution in [0.1, 0.15) is 25.6 Å². The SMILES string of the molecule is COc1cc2sc(COOC(C)(C)C)cc2nc1N. The number of nitrogen functional groups attached to an aromatic ring is 1. The number of hydrogen-bond acceptors (Lipinski definition) is 6. The van der Waals surface area contributed by atoms with E-state index in [1.807, 2.05) is 32.9 Å². The minimum absolute atomic E-state index is 0.317. The first-order valence-corrected chi connectivity index (χ1v) is 6.74. The van der Waals surface area contributed by atoms with Crippen LogP contribution in [0.5, 0.6) is 5.75 Å². The molecule has 2 aromatic heterocycles. The molecule has 0 saturated heterocycles. The van der Waals surface area contributed by atoms with Gasteiger partial charge in [-0.2, -0.15) is 0 Å². The van der Waals surface area contributed by atoms with Crippen molar-refractivity contribution in [1.29, 1.82) is 0 Å². The largest absolute Gasteiger partial charge is 0.493 e. The molecule has 104 valence electrons. The number of nitrogens with two attached hydrogens (primary N) is 1. The Balaban J connectivity index is 2.13. The van der Waals surface area contributed by atoms with Crippen molar-refractivity contribution < 1.29 is 14.5 Å². The number of pyridine rings is 1. The van der Waals surface area contributed by atoms with Gasteiger partial charge in [0.05, 0.1) is 22.9 Å². The predicted molar refractivity (Wildman–Crippen MR) is 76.2 cm³/mol. The third-order valence-corrected chi connectivity index (χ3v) is 3.32. The zero-order valence-corrected chi connectivity index (χ0v) is 12.3. The molecule has 2 rings (SSSR count). The average molecular weight is 282 g/mol. The maximum atomic E-state index is 5.78. The van der Waals surface area contributed by atoms with E-state index in [4.69, 9.17) is 20.2 Å². The number of methoxy groups -OCH3 is 1. The highest BCUT2D eigenvalue weighted by Crippen LogP contribution is 2.31. The summed E-state index contributed by atoms with van der Waals surface area (Å²) in [6.07, 6.45) is 0. The van der Waals surface area contributed by atoms with Crippen molar-refractivity contribution in [2.75, 3.05) is 12.8 Å². The maximum absolute atomic E-state index is 5.78. The Morgan fingerprint density at radius 3 is 2.68 bits per heavy atom. The maximum Gasteiger partial charge on any atom is 0.166 e. The van der Waals surface area contributed by atoms with Crippen LogP contribution in [0.2, 0.25) is 0 Å². The lowest BCUT2D eigenvalue weighted by molar-refractivity contribution is -0.356. The van der Waals surface area contributed by atoms with E-state index in [1.54, 1.807) is 18.4 Å². The number of anilines is 1. The highest BCUT2D eigenvalue weighted by molar-refractivity contribution is 7.19. The molecule has 0 spiro atoms. The van der Waals surface area contributed by atoms with E-state index >= 15 is 0 Å². The van der Waals surface area contributed by atoms with Crippen LogP contribution in [0, 0.1) is 0 Å². The van der Waals surface area contributed by atoms with Gasteiger partial charge in [-0.05, 0) is 26.8 Å². The summed E-state index contributed by atoms with van der Waals surface area (Å²) in [4.78, 5) is 15.8. The molecule has 0 aromatic carbocycles. The van der Waals surface area contributed by atoms with Gasteiger partial charge >= 0.3 is 0 Å². The van der Waals surface area contributed by atoms with E-state index in [0.717, 1.165) is 15.1 Å². The minimum atomic E-state index is -0.317. The van der Waals surface area contributed by atoms with Gasteiger partial charge < -0.3 is 10.5 Å². The molecule has 0 atom stereocenters. The van der Waals surface area contributed by atoms with Crippen molar-refractivity contribution in [3.8, 4) is 5.75 Å². The second kappa shape index (κ2) is 5.32. The van der Waals surface area contributed by atoms with Crippen molar-refractivity contribution in [2.45, 2.75) is 33.0 Å². The van der Waals surface area contributed by atoms with Crippen molar-refractivity contribution in [3.05, 3.63) is 17.0 Å². The molecule has 0 amide bonds. The Hall–Kier alpha value is -1.37. The summed E-state index contributed by atoms with van der Waals surface area (Å²) in [5.41, 5.74) is 6.30. The summed E-state index contributed by atoms with van der Waals surface area (Å²) in [5, 5.41) is 0. The van der Waals surface area contributed by atoms with Gasteiger partial charge in [-0.15, -0.1) is 11.3 Å². The smallest absolute Gasteiger partial charge is 0.166 e. The van der Waals surface area contributed by atoms with Gasteiger partial charge in [0.2, 0.25) is 0 Å². The molecule has 5 nitrogen and oxygen atoms in total.